The molecule has 14 nitrogen and oxygen atoms in total. The van der Waals surface area contributed by atoms with Crippen LogP contribution in [0.5, 0.6) is 0 Å². The fourth-order valence-corrected chi connectivity index (χ4v) is 3.03. The Balaban J connectivity index is 3.13. The van der Waals surface area contributed by atoms with Gasteiger partial charge in [0, 0.05) is 19.3 Å². The molecule has 0 saturated carbocycles. The topological polar surface area (TPSA) is 245 Å². The maximum absolute atomic E-state index is 12.9. The molecule has 0 saturated heterocycles. The summed E-state index contributed by atoms with van der Waals surface area (Å²) < 4.78 is 0. The standard InChI is InChI=1S/C22H30N4O10/c23-13(11-27)19(32)24-14(6-8-17(28)29)20(33)26-16(10-12-4-2-1-3-5-12)21(34)25-15(22(35)36)7-9-18(30)31/h1-5,13-16,27H,6-11,23H2,(H,24,32)(H,25,34)(H,26,33)(H,28,29)(H,30,31)(H,35,36). The highest BCUT2D eigenvalue weighted by Gasteiger charge is 2.31. The summed E-state index contributed by atoms with van der Waals surface area (Å²) in [4.78, 5) is 71.3. The number of aliphatic carboxylic acids is 3. The summed E-state index contributed by atoms with van der Waals surface area (Å²) in [6.07, 6.45) is -1.90. The number of carbonyl (C=O) groups is 6. The Hall–Kier alpha value is -4.04. The summed E-state index contributed by atoms with van der Waals surface area (Å²) in [5.41, 5.74) is 6.02. The molecule has 1 aromatic rings. The molecule has 0 spiro atoms. The lowest BCUT2D eigenvalue weighted by Crippen LogP contribution is -2.58. The number of nitrogens with two attached hydrogens (primary N) is 1. The van der Waals surface area contributed by atoms with Gasteiger partial charge in [0.2, 0.25) is 17.7 Å². The van der Waals surface area contributed by atoms with Crippen molar-refractivity contribution < 1.29 is 49.2 Å². The van der Waals surface area contributed by atoms with Crippen LogP contribution in [0.3, 0.4) is 0 Å². The molecule has 0 radical (unpaired) electrons. The molecule has 0 aliphatic heterocycles. The fourth-order valence-electron chi connectivity index (χ4n) is 3.03. The van der Waals surface area contributed by atoms with Crippen LogP contribution in [0.1, 0.15) is 31.2 Å². The van der Waals surface area contributed by atoms with E-state index in [1.807, 2.05) is 0 Å². The zero-order valence-corrected chi connectivity index (χ0v) is 19.3. The second-order valence-corrected chi connectivity index (χ2v) is 7.87. The molecule has 36 heavy (non-hydrogen) atoms. The Bertz CT molecular complexity index is 940. The number of carbonyl (C=O) groups excluding carboxylic acids is 3. The summed E-state index contributed by atoms with van der Waals surface area (Å²) >= 11 is 0. The average molecular weight is 511 g/mol. The molecular weight excluding hydrogens is 480 g/mol. The molecule has 0 fully saturated rings. The first-order chi connectivity index (χ1) is 16.9. The van der Waals surface area contributed by atoms with Gasteiger partial charge in [-0.1, -0.05) is 30.3 Å². The van der Waals surface area contributed by atoms with E-state index in [1.165, 1.54) is 0 Å². The van der Waals surface area contributed by atoms with Crippen LogP contribution >= 0.6 is 0 Å². The minimum Gasteiger partial charge on any atom is -0.481 e. The van der Waals surface area contributed by atoms with Gasteiger partial charge >= 0.3 is 17.9 Å². The van der Waals surface area contributed by atoms with Gasteiger partial charge in [-0.3, -0.25) is 24.0 Å². The number of aliphatic hydroxyl groups excluding tert-OH is 1. The number of nitrogens with one attached hydrogen (secondary N) is 3. The van der Waals surface area contributed by atoms with Crippen molar-refractivity contribution in [1.82, 2.24) is 16.0 Å². The quantitative estimate of drug-likeness (QED) is 0.119. The lowest BCUT2D eigenvalue weighted by atomic mass is 10.0. The molecule has 0 bridgehead atoms. The summed E-state index contributed by atoms with van der Waals surface area (Å²) in [7, 11) is 0. The monoisotopic (exact) mass is 510 g/mol. The van der Waals surface area contributed by atoms with Gasteiger partial charge in [-0.15, -0.1) is 0 Å². The van der Waals surface area contributed by atoms with Crippen molar-refractivity contribution in [2.45, 2.75) is 56.3 Å². The van der Waals surface area contributed by atoms with Gasteiger partial charge in [-0.05, 0) is 18.4 Å². The van der Waals surface area contributed by atoms with Crippen LogP contribution in [0.2, 0.25) is 0 Å². The number of carboxylic acid groups (broad SMARTS) is 3. The van der Waals surface area contributed by atoms with E-state index >= 15 is 0 Å². The molecule has 0 heterocycles. The third kappa shape index (κ3) is 10.9. The number of benzene rings is 1. The van der Waals surface area contributed by atoms with E-state index in [0.717, 1.165) is 0 Å². The van der Waals surface area contributed by atoms with E-state index in [0.29, 0.717) is 5.56 Å². The maximum atomic E-state index is 12.9. The van der Waals surface area contributed by atoms with Gasteiger partial charge in [0.25, 0.3) is 0 Å². The Morgan fingerprint density at radius 2 is 1.19 bits per heavy atom. The van der Waals surface area contributed by atoms with E-state index in [2.05, 4.69) is 16.0 Å². The van der Waals surface area contributed by atoms with Crippen molar-refractivity contribution in [1.29, 1.82) is 0 Å². The average Bonchev–Trinajstić information content (AvgIpc) is 2.83. The summed E-state index contributed by atoms with van der Waals surface area (Å²) in [5, 5.41) is 43.0. The molecule has 0 aliphatic carbocycles. The smallest absolute Gasteiger partial charge is 0.326 e. The van der Waals surface area contributed by atoms with Gasteiger partial charge in [-0.2, -0.15) is 0 Å². The Kier molecular flexibility index (Phi) is 12.5. The lowest BCUT2D eigenvalue weighted by Gasteiger charge is -2.25. The molecular formula is C22H30N4O10. The Morgan fingerprint density at radius 1 is 0.722 bits per heavy atom. The minimum atomic E-state index is -1.55. The second kappa shape index (κ2) is 15.1. The van der Waals surface area contributed by atoms with Crippen molar-refractivity contribution in [2.75, 3.05) is 6.61 Å². The van der Waals surface area contributed by atoms with Crippen LogP contribution in [-0.2, 0) is 35.2 Å². The van der Waals surface area contributed by atoms with Gasteiger partial charge in [-0.25, -0.2) is 4.79 Å². The summed E-state index contributed by atoms with van der Waals surface area (Å²) in [6.45, 7) is -0.731. The molecule has 14 heteroatoms. The highest BCUT2D eigenvalue weighted by atomic mass is 16.4. The van der Waals surface area contributed by atoms with Crippen molar-refractivity contribution in [3.8, 4) is 0 Å². The molecule has 1 aromatic carbocycles. The number of amides is 3. The predicted octanol–water partition coefficient (Wildman–Crippen LogP) is -2.18. The van der Waals surface area contributed by atoms with Crippen molar-refractivity contribution in [3.63, 3.8) is 0 Å². The number of aliphatic hydroxyl groups is 1. The first-order valence-electron chi connectivity index (χ1n) is 10.9. The summed E-state index contributed by atoms with van der Waals surface area (Å²) in [5.74, 6) is -6.79. The molecule has 4 unspecified atom stereocenters. The molecule has 0 aliphatic rings. The minimum absolute atomic E-state index is 0.0978. The first kappa shape index (κ1) is 30.0. The number of carboxylic acids is 3. The molecule has 0 aromatic heterocycles. The molecule has 9 N–H and O–H groups in total. The van der Waals surface area contributed by atoms with Crippen molar-refractivity contribution >= 4 is 35.6 Å². The van der Waals surface area contributed by atoms with E-state index < -0.39 is 85.7 Å². The van der Waals surface area contributed by atoms with E-state index in [9.17, 15) is 33.9 Å². The van der Waals surface area contributed by atoms with Gasteiger partial charge in [0.05, 0.1) is 6.61 Å². The molecule has 3 amide bonds. The normalized spacial score (nSPS) is 13.9. The van der Waals surface area contributed by atoms with Gasteiger partial charge in [0.1, 0.15) is 24.2 Å². The Morgan fingerprint density at radius 3 is 1.69 bits per heavy atom. The van der Waals surface area contributed by atoms with Crippen LogP contribution in [0, 0.1) is 0 Å². The first-order valence-corrected chi connectivity index (χ1v) is 10.9. The summed E-state index contributed by atoms with van der Waals surface area (Å²) in [6, 6.07) is 2.64. The predicted molar refractivity (Wildman–Crippen MR) is 122 cm³/mol. The third-order valence-corrected chi connectivity index (χ3v) is 4.99. The van der Waals surface area contributed by atoms with Crippen LogP contribution in [0.15, 0.2) is 30.3 Å². The number of hydrogen-bond donors (Lipinski definition) is 8. The largest absolute Gasteiger partial charge is 0.481 e. The maximum Gasteiger partial charge on any atom is 0.326 e. The van der Waals surface area contributed by atoms with E-state index in [1.54, 1.807) is 30.3 Å². The fraction of sp³-hybridized carbons (Fsp3) is 0.455. The SMILES string of the molecule is NC(CO)C(=O)NC(CCC(=O)O)C(=O)NC(Cc1ccccc1)C(=O)NC(CCC(=O)O)C(=O)O. The number of hydrogen-bond acceptors (Lipinski definition) is 8. The highest BCUT2D eigenvalue weighted by molar-refractivity contribution is 5.94. The van der Waals surface area contributed by atoms with E-state index in [-0.39, 0.29) is 12.8 Å². The zero-order chi connectivity index (χ0) is 27.3. The third-order valence-electron chi connectivity index (χ3n) is 4.99. The van der Waals surface area contributed by atoms with Crippen molar-refractivity contribution in [2.24, 2.45) is 5.73 Å². The molecule has 4 atom stereocenters. The zero-order valence-electron chi connectivity index (χ0n) is 19.3. The van der Waals surface area contributed by atoms with Crippen molar-refractivity contribution in [3.05, 3.63) is 35.9 Å². The molecule has 198 valence electrons. The van der Waals surface area contributed by atoms with Gasteiger partial charge < -0.3 is 42.1 Å². The Labute approximate surface area is 205 Å². The molecule has 1 rings (SSSR count). The van der Waals surface area contributed by atoms with Gasteiger partial charge in [0.15, 0.2) is 0 Å². The second-order valence-electron chi connectivity index (χ2n) is 7.87. The number of rotatable bonds is 16. The highest BCUT2D eigenvalue weighted by Crippen LogP contribution is 2.07. The van der Waals surface area contributed by atoms with Crippen LogP contribution < -0.4 is 21.7 Å². The lowest BCUT2D eigenvalue weighted by molar-refractivity contribution is -0.143. The van der Waals surface area contributed by atoms with Crippen LogP contribution in [0.25, 0.3) is 0 Å². The van der Waals surface area contributed by atoms with E-state index in [4.69, 9.17) is 21.1 Å². The van der Waals surface area contributed by atoms with Crippen LogP contribution in [-0.4, -0.2) is 86.8 Å². The van der Waals surface area contributed by atoms with Crippen LogP contribution in [0.4, 0.5) is 0 Å².